The Bertz CT molecular complexity index is 1140. The number of anilines is 1. The second-order valence-electron chi connectivity index (χ2n) is 6.78. The summed E-state index contributed by atoms with van der Waals surface area (Å²) in [6, 6.07) is 17.7. The molecule has 0 spiro atoms. The van der Waals surface area contributed by atoms with Crippen molar-refractivity contribution < 1.29 is 9.18 Å². The number of rotatable bonds is 5. The Morgan fingerprint density at radius 3 is 2.62 bits per heavy atom. The molecule has 1 amide bonds. The maximum absolute atomic E-state index is 13.6. The Hall–Kier alpha value is -3.65. The SMILES string of the molecule is CCc1ccccc1NC(=O)C(C#N)=Cc1cc(C)n(-c2cccc(F)c2)c1C. The van der Waals surface area contributed by atoms with Crippen LogP contribution in [-0.4, -0.2) is 10.5 Å². The van der Waals surface area contributed by atoms with Crippen molar-refractivity contribution in [2.45, 2.75) is 27.2 Å². The predicted molar refractivity (Wildman–Crippen MR) is 113 cm³/mol. The van der Waals surface area contributed by atoms with Gasteiger partial charge in [0.1, 0.15) is 17.5 Å². The highest BCUT2D eigenvalue weighted by Crippen LogP contribution is 2.24. The quantitative estimate of drug-likeness (QED) is 0.474. The summed E-state index contributed by atoms with van der Waals surface area (Å²) >= 11 is 0. The summed E-state index contributed by atoms with van der Waals surface area (Å²) in [4.78, 5) is 12.7. The molecule has 3 rings (SSSR count). The third kappa shape index (κ3) is 4.27. The molecule has 0 fully saturated rings. The van der Waals surface area contributed by atoms with Gasteiger partial charge in [-0.1, -0.05) is 31.2 Å². The molecule has 0 saturated heterocycles. The Kier molecular flexibility index (Phi) is 5.94. The highest BCUT2D eigenvalue weighted by atomic mass is 19.1. The van der Waals surface area contributed by atoms with Crippen LogP contribution in [0.15, 0.2) is 60.2 Å². The average Bonchev–Trinajstić information content (AvgIpc) is 2.99. The number of carbonyl (C=O) groups excluding carboxylic acids is 1. The lowest BCUT2D eigenvalue weighted by atomic mass is 10.1. The first kappa shape index (κ1) is 20.1. The van der Waals surface area contributed by atoms with E-state index in [1.165, 1.54) is 12.1 Å². The number of hydrogen-bond donors (Lipinski definition) is 1. The minimum absolute atomic E-state index is 0.00963. The van der Waals surface area contributed by atoms with E-state index in [9.17, 15) is 14.4 Å². The van der Waals surface area contributed by atoms with Gasteiger partial charge in [0.25, 0.3) is 5.91 Å². The predicted octanol–water partition coefficient (Wildman–Crippen LogP) is 5.34. The van der Waals surface area contributed by atoms with Gasteiger partial charge in [0.05, 0.1) is 0 Å². The van der Waals surface area contributed by atoms with Crippen LogP contribution in [0.25, 0.3) is 11.8 Å². The number of carbonyl (C=O) groups is 1. The van der Waals surface area contributed by atoms with Gasteiger partial charge in [-0.3, -0.25) is 4.79 Å². The zero-order chi connectivity index (χ0) is 21.0. The maximum atomic E-state index is 13.6. The Balaban J connectivity index is 1.95. The molecular formula is C24H22FN3O. The summed E-state index contributed by atoms with van der Waals surface area (Å²) in [6.07, 6.45) is 2.35. The topological polar surface area (TPSA) is 57.8 Å². The molecule has 0 radical (unpaired) electrons. The highest BCUT2D eigenvalue weighted by molar-refractivity contribution is 6.10. The molecule has 2 aromatic carbocycles. The Morgan fingerprint density at radius 2 is 1.93 bits per heavy atom. The molecule has 0 saturated carbocycles. The smallest absolute Gasteiger partial charge is 0.266 e. The van der Waals surface area contributed by atoms with E-state index in [4.69, 9.17) is 0 Å². The van der Waals surface area contributed by atoms with E-state index in [1.54, 1.807) is 12.1 Å². The summed E-state index contributed by atoms with van der Waals surface area (Å²) in [5, 5.41) is 12.4. The van der Waals surface area contributed by atoms with Crippen LogP contribution in [0.3, 0.4) is 0 Å². The molecule has 0 aliphatic rings. The molecule has 1 heterocycles. The van der Waals surface area contributed by atoms with Crippen molar-refractivity contribution in [1.29, 1.82) is 5.26 Å². The number of halogens is 1. The van der Waals surface area contributed by atoms with Gasteiger partial charge >= 0.3 is 0 Å². The molecule has 29 heavy (non-hydrogen) atoms. The van der Waals surface area contributed by atoms with Crippen molar-refractivity contribution in [3.63, 3.8) is 0 Å². The highest BCUT2D eigenvalue weighted by Gasteiger charge is 2.15. The van der Waals surface area contributed by atoms with E-state index < -0.39 is 5.91 Å². The second-order valence-corrected chi connectivity index (χ2v) is 6.78. The summed E-state index contributed by atoms with van der Waals surface area (Å²) < 4.78 is 15.5. The lowest BCUT2D eigenvalue weighted by Crippen LogP contribution is -2.14. The third-order valence-electron chi connectivity index (χ3n) is 4.85. The average molecular weight is 387 g/mol. The van der Waals surface area contributed by atoms with Gasteiger partial charge in [-0.05, 0) is 67.8 Å². The monoisotopic (exact) mass is 387 g/mol. The number of aryl methyl sites for hydroxylation is 2. The fraction of sp³-hybridized carbons (Fsp3) is 0.167. The number of hydrogen-bond acceptors (Lipinski definition) is 2. The molecule has 0 bridgehead atoms. The molecule has 3 aromatic rings. The van der Waals surface area contributed by atoms with Crippen LogP contribution in [0.2, 0.25) is 0 Å². The van der Waals surface area contributed by atoms with Gasteiger partial charge in [0.15, 0.2) is 0 Å². The van der Waals surface area contributed by atoms with Crippen molar-refractivity contribution in [3.05, 3.63) is 88.5 Å². The van der Waals surface area contributed by atoms with Crippen molar-refractivity contribution >= 4 is 17.7 Å². The van der Waals surface area contributed by atoms with Crippen LogP contribution in [0, 0.1) is 31.0 Å². The van der Waals surface area contributed by atoms with E-state index in [1.807, 2.05) is 67.8 Å². The number of para-hydroxylation sites is 1. The molecule has 146 valence electrons. The zero-order valence-corrected chi connectivity index (χ0v) is 16.7. The van der Waals surface area contributed by atoms with Gasteiger partial charge in [0, 0.05) is 22.8 Å². The first-order chi connectivity index (χ1) is 13.9. The molecule has 1 aromatic heterocycles. The number of amides is 1. The summed E-state index contributed by atoms with van der Waals surface area (Å²) in [7, 11) is 0. The van der Waals surface area contributed by atoms with Crippen molar-refractivity contribution in [2.75, 3.05) is 5.32 Å². The number of benzene rings is 2. The van der Waals surface area contributed by atoms with Gasteiger partial charge in [0.2, 0.25) is 0 Å². The largest absolute Gasteiger partial charge is 0.321 e. The van der Waals surface area contributed by atoms with Gasteiger partial charge in [-0.25, -0.2) is 4.39 Å². The number of nitrogens with zero attached hydrogens (tertiary/aromatic N) is 2. The molecule has 0 atom stereocenters. The van der Waals surface area contributed by atoms with Crippen molar-refractivity contribution in [2.24, 2.45) is 0 Å². The lowest BCUT2D eigenvalue weighted by molar-refractivity contribution is -0.112. The number of aromatic nitrogens is 1. The minimum Gasteiger partial charge on any atom is -0.321 e. The first-order valence-corrected chi connectivity index (χ1v) is 9.40. The molecule has 4 nitrogen and oxygen atoms in total. The molecule has 5 heteroatoms. The Morgan fingerprint density at radius 1 is 1.17 bits per heavy atom. The molecule has 1 N–H and O–H groups in total. The number of nitriles is 1. The standard InChI is InChI=1S/C24H22FN3O/c1-4-18-8-5-6-11-23(18)27-24(29)20(15-26)13-19-12-16(2)28(17(19)3)22-10-7-9-21(25)14-22/h5-14H,4H2,1-3H3,(H,27,29). The van der Waals surface area contributed by atoms with E-state index in [-0.39, 0.29) is 11.4 Å². The summed E-state index contributed by atoms with van der Waals surface area (Å²) in [5.74, 6) is -0.775. The van der Waals surface area contributed by atoms with E-state index in [0.29, 0.717) is 11.4 Å². The second kappa shape index (κ2) is 8.57. The lowest BCUT2D eigenvalue weighted by Gasteiger charge is -2.10. The van der Waals surface area contributed by atoms with E-state index in [0.717, 1.165) is 28.9 Å². The summed E-state index contributed by atoms with van der Waals surface area (Å²) in [5.41, 5.74) is 4.85. The third-order valence-corrected chi connectivity index (χ3v) is 4.85. The Labute approximate surface area is 169 Å². The van der Waals surface area contributed by atoms with Crippen LogP contribution >= 0.6 is 0 Å². The first-order valence-electron chi connectivity index (χ1n) is 9.40. The van der Waals surface area contributed by atoms with Crippen molar-refractivity contribution in [3.8, 4) is 11.8 Å². The molecule has 0 unspecified atom stereocenters. The van der Waals surface area contributed by atoms with Crippen LogP contribution in [-0.2, 0) is 11.2 Å². The van der Waals surface area contributed by atoms with E-state index in [2.05, 4.69) is 5.32 Å². The van der Waals surface area contributed by atoms with Gasteiger partial charge in [-0.15, -0.1) is 0 Å². The van der Waals surface area contributed by atoms with Crippen LogP contribution in [0.5, 0.6) is 0 Å². The van der Waals surface area contributed by atoms with Crippen LogP contribution in [0.1, 0.15) is 29.4 Å². The van der Waals surface area contributed by atoms with Crippen LogP contribution in [0.4, 0.5) is 10.1 Å². The zero-order valence-electron chi connectivity index (χ0n) is 16.7. The maximum Gasteiger partial charge on any atom is 0.266 e. The molecular weight excluding hydrogens is 365 g/mol. The van der Waals surface area contributed by atoms with Crippen LogP contribution < -0.4 is 5.32 Å². The fourth-order valence-electron chi connectivity index (χ4n) is 3.39. The normalized spacial score (nSPS) is 11.2. The fourth-order valence-corrected chi connectivity index (χ4v) is 3.39. The number of nitrogens with one attached hydrogen (secondary N) is 1. The van der Waals surface area contributed by atoms with Gasteiger partial charge < -0.3 is 9.88 Å². The molecule has 0 aliphatic heterocycles. The summed E-state index contributed by atoms with van der Waals surface area (Å²) in [6.45, 7) is 5.79. The molecule has 0 aliphatic carbocycles. The minimum atomic E-state index is -0.455. The van der Waals surface area contributed by atoms with Gasteiger partial charge in [-0.2, -0.15) is 5.26 Å². The van der Waals surface area contributed by atoms with E-state index >= 15 is 0 Å². The van der Waals surface area contributed by atoms with Crippen molar-refractivity contribution in [1.82, 2.24) is 4.57 Å².